The van der Waals surface area contributed by atoms with Crippen molar-refractivity contribution < 1.29 is 27.1 Å². The highest BCUT2D eigenvalue weighted by Crippen LogP contribution is 2.33. The lowest BCUT2D eigenvalue weighted by Crippen LogP contribution is -2.21. The van der Waals surface area contributed by atoms with Crippen LogP contribution in [-0.2, 0) is 11.0 Å². The summed E-state index contributed by atoms with van der Waals surface area (Å²) < 4.78 is 56.7. The summed E-state index contributed by atoms with van der Waals surface area (Å²) in [5.74, 6) is -1.43. The summed E-state index contributed by atoms with van der Waals surface area (Å²) in [7, 11) is 0. The second kappa shape index (κ2) is 6.68. The Kier molecular flexibility index (Phi) is 4.88. The Labute approximate surface area is 129 Å². The predicted molar refractivity (Wildman–Crippen MR) is 76.7 cm³/mol. The first kappa shape index (κ1) is 16.8. The van der Waals surface area contributed by atoms with E-state index >= 15 is 0 Å². The van der Waals surface area contributed by atoms with Gasteiger partial charge in [-0.25, -0.2) is 4.39 Å². The molecule has 2 aromatic rings. The number of carbonyl (C=O) groups excluding carboxylic acids is 1. The van der Waals surface area contributed by atoms with E-state index < -0.39 is 30.1 Å². The first-order valence-corrected chi connectivity index (χ1v) is 6.62. The van der Waals surface area contributed by atoms with Crippen LogP contribution in [0.2, 0.25) is 0 Å². The molecule has 3 nitrogen and oxygen atoms in total. The number of alkyl halides is 3. The molecule has 1 N–H and O–H groups in total. The van der Waals surface area contributed by atoms with E-state index in [-0.39, 0.29) is 17.0 Å². The molecule has 0 saturated carbocycles. The first-order valence-electron chi connectivity index (χ1n) is 6.62. The van der Waals surface area contributed by atoms with Crippen molar-refractivity contribution in [2.45, 2.75) is 13.1 Å². The van der Waals surface area contributed by atoms with Crippen LogP contribution < -0.4 is 10.1 Å². The molecular weight excluding hydrogens is 314 g/mol. The fourth-order valence-corrected chi connectivity index (χ4v) is 1.91. The maximum Gasteiger partial charge on any atom is 0.416 e. The fraction of sp³-hybridized carbons (Fsp3) is 0.188. The van der Waals surface area contributed by atoms with Gasteiger partial charge in [-0.1, -0.05) is 18.2 Å². The van der Waals surface area contributed by atoms with Gasteiger partial charge in [-0.3, -0.25) is 4.79 Å². The zero-order valence-electron chi connectivity index (χ0n) is 12.1. The van der Waals surface area contributed by atoms with Gasteiger partial charge in [0.05, 0.1) is 5.56 Å². The van der Waals surface area contributed by atoms with Crippen molar-refractivity contribution in [3.63, 3.8) is 0 Å². The van der Waals surface area contributed by atoms with E-state index in [1.54, 1.807) is 0 Å². The second-order valence-corrected chi connectivity index (χ2v) is 4.79. The minimum atomic E-state index is -4.51. The van der Waals surface area contributed by atoms with Gasteiger partial charge in [0.1, 0.15) is 0 Å². The average molecular weight is 327 g/mol. The predicted octanol–water partition coefficient (Wildman–Crippen LogP) is 4.17. The number of rotatable bonds is 4. The van der Waals surface area contributed by atoms with E-state index in [9.17, 15) is 22.4 Å². The minimum absolute atomic E-state index is 0.00920. The summed E-state index contributed by atoms with van der Waals surface area (Å²) in [6, 6.07) is 8.97. The molecule has 0 unspecified atom stereocenters. The molecule has 122 valence electrons. The van der Waals surface area contributed by atoms with Crippen molar-refractivity contribution >= 4 is 11.6 Å². The quantitative estimate of drug-likeness (QED) is 0.856. The van der Waals surface area contributed by atoms with Gasteiger partial charge in [-0.15, -0.1) is 0 Å². The lowest BCUT2D eigenvalue weighted by atomic mass is 10.1. The highest BCUT2D eigenvalue weighted by Gasteiger charge is 2.32. The van der Waals surface area contributed by atoms with Crippen molar-refractivity contribution in [1.82, 2.24) is 0 Å². The molecule has 2 rings (SSSR count). The van der Waals surface area contributed by atoms with Crippen LogP contribution in [0.15, 0.2) is 42.5 Å². The van der Waals surface area contributed by atoms with E-state index in [1.165, 1.54) is 43.3 Å². The molecule has 0 saturated heterocycles. The summed E-state index contributed by atoms with van der Waals surface area (Å²) in [5, 5.41) is 2.28. The van der Waals surface area contributed by atoms with Crippen molar-refractivity contribution in [3.8, 4) is 5.75 Å². The summed E-state index contributed by atoms with van der Waals surface area (Å²) in [5.41, 5.74) is -0.784. The second-order valence-electron chi connectivity index (χ2n) is 4.79. The Morgan fingerprint density at radius 2 is 1.87 bits per heavy atom. The third-order valence-electron chi connectivity index (χ3n) is 3.02. The monoisotopic (exact) mass is 327 g/mol. The lowest BCUT2D eigenvalue weighted by molar-refractivity contribution is -0.138. The molecule has 0 aliphatic carbocycles. The molecule has 0 atom stereocenters. The third kappa shape index (κ3) is 4.45. The summed E-state index contributed by atoms with van der Waals surface area (Å²) in [4.78, 5) is 11.7. The minimum Gasteiger partial charge on any atom is -0.481 e. The topological polar surface area (TPSA) is 38.3 Å². The smallest absolute Gasteiger partial charge is 0.416 e. The molecule has 2 aromatic carbocycles. The standard InChI is InChI=1S/C16H13F4NO2/c1-10-6-7-11(8-12(10)16(18,19)20)21-15(22)9-23-14-5-3-2-4-13(14)17/h2-8H,9H2,1H3,(H,21,22). The summed E-state index contributed by atoms with van der Waals surface area (Å²) in [6.45, 7) is 0.811. The number of benzene rings is 2. The van der Waals surface area contributed by atoms with Crippen LogP contribution in [0.3, 0.4) is 0 Å². The molecule has 0 spiro atoms. The molecule has 0 fully saturated rings. The Balaban J connectivity index is 2.02. The van der Waals surface area contributed by atoms with Crippen LogP contribution in [-0.4, -0.2) is 12.5 Å². The highest BCUT2D eigenvalue weighted by molar-refractivity contribution is 5.92. The number of halogens is 4. The van der Waals surface area contributed by atoms with Crippen LogP contribution >= 0.6 is 0 Å². The molecule has 0 aromatic heterocycles. The molecule has 1 amide bonds. The first-order chi connectivity index (χ1) is 10.8. The van der Waals surface area contributed by atoms with Crippen LogP contribution in [0.1, 0.15) is 11.1 Å². The number of amides is 1. The Morgan fingerprint density at radius 1 is 1.17 bits per heavy atom. The normalized spacial score (nSPS) is 11.2. The van der Waals surface area contributed by atoms with Crippen molar-refractivity contribution in [2.75, 3.05) is 11.9 Å². The van der Waals surface area contributed by atoms with Crippen LogP contribution in [0, 0.1) is 12.7 Å². The molecule has 23 heavy (non-hydrogen) atoms. The Hall–Kier alpha value is -2.57. The van der Waals surface area contributed by atoms with E-state index in [4.69, 9.17) is 4.74 Å². The SMILES string of the molecule is Cc1ccc(NC(=O)COc2ccccc2F)cc1C(F)(F)F. The van der Waals surface area contributed by atoms with Gasteiger partial charge in [0, 0.05) is 5.69 Å². The number of carbonyl (C=O) groups is 1. The number of aryl methyl sites for hydroxylation is 1. The molecule has 0 heterocycles. The van der Waals surface area contributed by atoms with E-state index in [0.717, 1.165) is 6.07 Å². The number of hydrogen-bond acceptors (Lipinski definition) is 2. The van der Waals surface area contributed by atoms with Crippen LogP contribution in [0.4, 0.5) is 23.2 Å². The van der Waals surface area contributed by atoms with Gasteiger partial charge in [-0.2, -0.15) is 13.2 Å². The summed E-state index contributed by atoms with van der Waals surface area (Å²) in [6.07, 6.45) is -4.51. The number of para-hydroxylation sites is 1. The number of nitrogens with one attached hydrogen (secondary N) is 1. The van der Waals surface area contributed by atoms with Gasteiger partial charge in [0.25, 0.3) is 5.91 Å². The molecule has 0 aliphatic rings. The van der Waals surface area contributed by atoms with Crippen molar-refractivity contribution in [3.05, 3.63) is 59.4 Å². The van der Waals surface area contributed by atoms with E-state index in [2.05, 4.69) is 5.32 Å². The van der Waals surface area contributed by atoms with Crippen molar-refractivity contribution in [2.24, 2.45) is 0 Å². The Morgan fingerprint density at radius 3 is 2.52 bits per heavy atom. The number of anilines is 1. The van der Waals surface area contributed by atoms with Gasteiger partial charge in [-0.05, 0) is 36.8 Å². The van der Waals surface area contributed by atoms with Gasteiger partial charge < -0.3 is 10.1 Å². The number of ether oxygens (including phenoxy) is 1. The van der Waals surface area contributed by atoms with E-state index in [1.807, 2.05) is 0 Å². The molecule has 0 bridgehead atoms. The number of hydrogen-bond donors (Lipinski definition) is 1. The molecule has 0 aliphatic heterocycles. The Bertz CT molecular complexity index is 713. The maximum atomic E-state index is 13.3. The molecule has 0 radical (unpaired) electrons. The fourth-order valence-electron chi connectivity index (χ4n) is 1.91. The zero-order valence-corrected chi connectivity index (χ0v) is 12.1. The van der Waals surface area contributed by atoms with Gasteiger partial charge >= 0.3 is 6.18 Å². The van der Waals surface area contributed by atoms with Gasteiger partial charge in [0.15, 0.2) is 18.2 Å². The molecule has 7 heteroatoms. The van der Waals surface area contributed by atoms with E-state index in [0.29, 0.717) is 0 Å². The van der Waals surface area contributed by atoms with Gasteiger partial charge in [0.2, 0.25) is 0 Å². The molecular formula is C16H13F4NO2. The zero-order chi connectivity index (χ0) is 17.0. The maximum absolute atomic E-state index is 13.3. The van der Waals surface area contributed by atoms with Crippen LogP contribution in [0.5, 0.6) is 5.75 Å². The average Bonchev–Trinajstić information content (AvgIpc) is 2.47. The van der Waals surface area contributed by atoms with Crippen LogP contribution in [0.25, 0.3) is 0 Å². The largest absolute Gasteiger partial charge is 0.481 e. The lowest BCUT2D eigenvalue weighted by Gasteiger charge is -2.13. The summed E-state index contributed by atoms with van der Waals surface area (Å²) >= 11 is 0. The highest BCUT2D eigenvalue weighted by atomic mass is 19.4. The third-order valence-corrected chi connectivity index (χ3v) is 3.02. The van der Waals surface area contributed by atoms with Crippen molar-refractivity contribution in [1.29, 1.82) is 0 Å².